The molecule has 1 N–H and O–H groups in total. The van der Waals surface area contributed by atoms with Gasteiger partial charge in [0.2, 0.25) is 0 Å². The number of amidine groups is 1. The van der Waals surface area contributed by atoms with Gasteiger partial charge in [0.1, 0.15) is 18.0 Å². The molecule has 0 aliphatic carbocycles. The van der Waals surface area contributed by atoms with Crippen LogP contribution in [0, 0.1) is 0 Å². The van der Waals surface area contributed by atoms with E-state index < -0.39 is 0 Å². The molecule has 1 heterocycles. The predicted octanol–water partition coefficient (Wildman–Crippen LogP) is 2.29. The Morgan fingerprint density at radius 3 is 3.06 bits per heavy atom. The van der Waals surface area contributed by atoms with Crippen molar-refractivity contribution in [3.05, 3.63) is 18.2 Å². The Morgan fingerprint density at radius 1 is 1.50 bits per heavy atom. The van der Waals surface area contributed by atoms with E-state index in [0.29, 0.717) is 12.4 Å². The molecule has 1 aromatic carbocycles. The van der Waals surface area contributed by atoms with Crippen LogP contribution in [0.4, 0.5) is 5.69 Å². The van der Waals surface area contributed by atoms with Crippen LogP contribution in [0.5, 0.6) is 5.75 Å². The smallest absolute Gasteiger partial charge is 0.313 e. The molecule has 0 saturated heterocycles. The number of aliphatic imine (C=N–C) groups is 1. The quantitative estimate of drug-likeness (QED) is 0.669. The number of carbonyl (C=O) groups is 1. The highest BCUT2D eigenvalue weighted by molar-refractivity contribution is 7.98. The molecule has 1 aliphatic heterocycles. The first-order valence-electron chi connectivity index (χ1n) is 5.57. The first kappa shape index (κ1) is 12.8. The van der Waals surface area contributed by atoms with Crippen LogP contribution >= 0.6 is 11.9 Å². The predicted molar refractivity (Wildman–Crippen MR) is 70.3 cm³/mol. The summed E-state index contributed by atoms with van der Waals surface area (Å²) in [5.41, 5.74) is 0.832. The lowest BCUT2D eigenvalue weighted by molar-refractivity contribution is -0.141. The van der Waals surface area contributed by atoms with Gasteiger partial charge in [-0.1, -0.05) is 0 Å². The number of benzene rings is 1. The maximum Gasteiger partial charge on any atom is 0.313 e. The average Bonchev–Trinajstić information content (AvgIpc) is 2.38. The van der Waals surface area contributed by atoms with E-state index in [4.69, 9.17) is 9.47 Å². The molecule has 1 aliphatic rings. The van der Waals surface area contributed by atoms with Gasteiger partial charge in [-0.05, 0) is 37.1 Å². The minimum Gasteiger partial charge on any atom is -0.497 e. The molecule has 6 heteroatoms. The van der Waals surface area contributed by atoms with Gasteiger partial charge in [-0.15, -0.1) is 0 Å². The summed E-state index contributed by atoms with van der Waals surface area (Å²) >= 11 is 1.42. The van der Waals surface area contributed by atoms with Crippen LogP contribution in [0.2, 0.25) is 0 Å². The van der Waals surface area contributed by atoms with Crippen molar-refractivity contribution in [3.63, 3.8) is 0 Å². The fourth-order valence-corrected chi connectivity index (χ4v) is 2.24. The van der Waals surface area contributed by atoms with Crippen molar-refractivity contribution in [1.82, 2.24) is 4.72 Å². The molecule has 5 nitrogen and oxygen atoms in total. The summed E-state index contributed by atoms with van der Waals surface area (Å²) < 4.78 is 13.0. The number of hydrogen-bond acceptors (Lipinski definition) is 6. The minimum atomic E-state index is -0.277. The molecule has 0 bridgehead atoms. The second-order valence-corrected chi connectivity index (χ2v) is 4.43. The van der Waals surface area contributed by atoms with Crippen LogP contribution in [0.15, 0.2) is 28.1 Å². The summed E-state index contributed by atoms with van der Waals surface area (Å²) in [7, 11) is 1.62. The van der Waals surface area contributed by atoms with Crippen molar-refractivity contribution in [2.75, 3.05) is 13.7 Å². The molecule has 0 amide bonds. The Balaban J connectivity index is 2.12. The number of fused-ring (bicyclic) bond motifs is 1. The molecular formula is C12H14N2O3S. The third kappa shape index (κ3) is 2.95. The number of hydrogen-bond donors (Lipinski definition) is 1. The zero-order valence-electron chi connectivity index (χ0n) is 10.2. The summed E-state index contributed by atoms with van der Waals surface area (Å²) in [6, 6.07) is 5.61. The van der Waals surface area contributed by atoms with E-state index in [-0.39, 0.29) is 12.4 Å². The van der Waals surface area contributed by atoms with Crippen molar-refractivity contribution in [2.24, 2.45) is 4.99 Å². The van der Waals surface area contributed by atoms with Gasteiger partial charge in [-0.2, -0.15) is 0 Å². The van der Waals surface area contributed by atoms with Crippen LogP contribution in [0.25, 0.3) is 0 Å². The summed E-state index contributed by atoms with van der Waals surface area (Å²) in [5.74, 6) is 1.12. The first-order valence-corrected chi connectivity index (χ1v) is 6.38. The molecule has 0 aromatic heterocycles. The summed E-state index contributed by atoms with van der Waals surface area (Å²) in [4.78, 5) is 16.7. The highest BCUT2D eigenvalue weighted by Gasteiger charge is 2.16. The van der Waals surface area contributed by atoms with Crippen LogP contribution in [-0.2, 0) is 9.53 Å². The third-order valence-electron chi connectivity index (χ3n) is 2.32. The molecular weight excluding hydrogens is 252 g/mol. The van der Waals surface area contributed by atoms with Crippen LogP contribution < -0.4 is 9.46 Å². The highest BCUT2D eigenvalue weighted by Crippen LogP contribution is 2.34. The number of rotatable bonds is 4. The lowest BCUT2D eigenvalue weighted by Crippen LogP contribution is -2.23. The normalized spacial score (nSPS) is 13.1. The second kappa shape index (κ2) is 5.77. The minimum absolute atomic E-state index is 0.159. The molecule has 0 atom stereocenters. The van der Waals surface area contributed by atoms with Crippen molar-refractivity contribution in [3.8, 4) is 5.75 Å². The Bertz CT molecular complexity index is 488. The van der Waals surface area contributed by atoms with Gasteiger partial charge < -0.3 is 14.2 Å². The third-order valence-corrected chi connectivity index (χ3v) is 3.20. The zero-order chi connectivity index (χ0) is 13.0. The fourth-order valence-electron chi connectivity index (χ4n) is 1.50. The van der Waals surface area contributed by atoms with Crippen molar-refractivity contribution in [1.29, 1.82) is 0 Å². The number of nitrogens with zero attached hydrogens (tertiary/aromatic N) is 1. The number of esters is 1. The second-order valence-electron chi connectivity index (χ2n) is 3.58. The van der Waals surface area contributed by atoms with E-state index in [1.165, 1.54) is 11.9 Å². The fraction of sp³-hybridized carbons (Fsp3) is 0.333. The molecule has 0 spiro atoms. The van der Waals surface area contributed by atoms with Gasteiger partial charge in [0.25, 0.3) is 0 Å². The lowest BCUT2D eigenvalue weighted by Gasteiger charge is -2.16. The van der Waals surface area contributed by atoms with Crippen molar-refractivity contribution >= 4 is 29.4 Å². The van der Waals surface area contributed by atoms with Crippen LogP contribution in [-0.4, -0.2) is 25.5 Å². The molecule has 0 saturated carbocycles. The topological polar surface area (TPSA) is 59.9 Å². The van der Waals surface area contributed by atoms with Crippen molar-refractivity contribution in [2.45, 2.75) is 18.2 Å². The van der Waals surface area contributed by atoms with Crippen LogP contribution in [0.1, 0.15) is 13.3 Å². The van der Waals surface area contributed by atoms with Gasteiger partial charge in [0.05, 0.1) is 24.3 Å². The molecule has 0 unspecified atom stereocenters. The molecule has 0 radical (unpaired) electrons. The number of methoxy groups -OCH3 is 1. The van der Waals surface area contributed by atoms with E-state index in [1.54, 1.807) is 14.0 Å². The molecule has 0 fully saturated rings. The number of ether oxygens (including phenoxy) is 2. The highest BCUT2D eigenvalue weighted by atomic mass is 32.2. The molecule has 1 aromatic rings. The number of nitrogens with one attached hydrogen (secondary N) is 1. The monoisotopic (exact) mass is 266 g/mol. The van der Waals surface area contributed by atoms with Gasteiger partial charge in [0.15, 0.2) is 0 Å². The maximum absolute atomic E-state index is 11.4. The van der Waals surface area contributed by atoms with E-state index in [2.05, 4.69) is 9.71 Å². The van der Waals surface area contributed by atoms with Crippen LogP contribution in [0.3, 0.4) is 0 Å². The van der Waals surface area contributed by atoms with Gasteiger partial charge in [-0.25, -0.2) is 4.99 Å². The van der Waals surface area contributed by atoms with E-state index in [1.807, 2.05) is 18.2 Å². The standard InChI is InChI=1S/C12H14N2O3S/c1-3-17-12(15)7-11-13-9-5-4-8(16-2)6-10(9)18-14-11/h4-6H,3,7H2,1-2H3,(H,13,14). The van der Waals surface area contributed by atoms with Gasteiger partial charge in [0, 0.05) is 0 Å². The SMILES string of the molecule is CCOC(=O)CC1=Nc2ccc(OC)cc2SN1. The summed E-state index contributed by atoms with van der Waals surface area (Å²) in [5, 5.41) is 0. The van der Waals surface area contributed by atoms with E-state index in [0.717, 1.165) is 16.3 Å². The Kier molecular flexibility index (Phi) is 4.09. The lowest BCUT2D eigenvalue weighted by atomic mass is 10.3. The summed E-state index contributed by atoms with van der Waals surface area (Å²) in [6.45, 7) is 2.16. The van der Waals surface area contributed by atoms with Gasteiger partial charge in [-0.3, -0.25) is 4.79 Å². The Morgan fingerprint density at radius 2 is 2.33 bits per heavy atom. The largest absolute Gasteiger partial charge is 0.497 e. The maximum atomic E-state index is 11.4. The zero-order valence-corrected chi connectivity index (χ0v) is 11.0. The molecule has 2 rings (SSSR count). The van der Waals surface area contributed by atoms with E-state index >= 15 is 0 Å². The molecule has 18 heavy (non-hydrogen) atoms. The van der Waals surface area contributed by atoms with Gasteiger partial charge >= 0.3 is 5.97 Å². The Labute approximate surface area is 110 Å². The first-order chi connectivity index (χ1) is 8.72. The van der Waals surface area contributed by atoms with E-state index in [9.17, 15) is 4.79 Å². The summed E-state index contributed by atoms with van der Waals surface area (Å²) in [6.07, 6.45) is 0.159. The number of carbonyl (C=O) groups excluding carboxylic acids is 1. The Hall–Kier alpha value is -1.69. The average molecular weight is 266 g/mol. The molecule has 96 valence electrons. The van der Waals surface area contributed by atoms with Crippen molar-refractivity contribution < 1.29 is 14.3 Å².